The third-order valence-corrected chi connectivity index (χ3v) is 1.88. The first-order valence-electron chi connectivity index (χ1n) is 4.46. The van der Waals surface area contributed by atoms with Gasteiger partial charge in [-0.25, -0.2) is 0 Å². The second-order valence-electron chi connectivity index (χ2n) is 3.34. The molecule has 13 heavy (non-hydrogen) atoms. The second kappa shape index (κ2) is 11.8. The maximum atomic E-state index is 5.00. The van der Waals surface area contributed by atoms with Crippen LogP contribution in [0, 0.1) is 5.92 Å². The Morgan fingerprint density at radius 2 is 1.92 bits per heavy atom. The molecule has 0 atom stereocenters. The van der Waals surface area contributed by atoms with E-state index in [2.05, 4.69) is 38.7 Å². The van der Waals surface area contributed by atoms with Gasteiger partial charge >= 0.3 is 51.4 Å². The predicted octanol–water partition coefficient (Wildman–Crippen LogP) is 0.0552. The summed E-state index contributed by atoms with van der Waals surface area (Å²) in [5.41, 5.74) is 0. The number of hydrogen-bond acceptors (Lipinski definition) is 3. The normalized spacial score (nSPS) is 9.46. The van der Waals surface area contributed by atoms with Crippen molar-refractivity contribution in [2.45, 2.75) is 39.5 Å². The van der Waals surface area contributed by atoms with Crippen molar-refractivity contribution in [1.29, 1.82) is 0 Å². The van der Waals surface area contributed by atoms with E-state index < -0.39 is 0 Å². The van der Waals surface area contributed by atoms with Crippen molar-refractivity contribution in [3.63, 3.8) is 0 Å². The summed E-state index contributed by atoms with van der Waals surface area (Å²) in [7, 11) is 0. The van der Waals surface area contributed by atoms with Crippen LogP contribution in [-0.4, -0.2) is 11.0 Å². The van der Waals surface area contributed by atoms with E-state index in [1.165, 1.54) is 19.3 Å². The molecule has 72 valence electrons. The van der Waals surface area contributed by atoms with Crippen LogP contribution in [0.1, 0.15) is 39.5 Å². The van der Waals surface area contributed by atoms with Gasteiger partial charge in [-0.3, -0.25) is 0 Å². The van der Waals surface area contributed by atoms with Crippen molar-refractivity contribution < 1.29 is 56.1 Å². The molecule has 0 saturated heterocycles. The average molecular weight is 244 g/mol. The van der Waals surface area contributed by atoms with E-state index in [1.54, 1.807) is 0 Å². The van der Waals surface area contributed by atoms with Crippen molar-refractivity contribution >= 4 is 29.2 Å². The minimum Gasteiger partial charge on any atom is -0.514 e. The van der Waals surface area contributed by atoms with Gasteiger partial charge in [0.1, 0.15) is 0 Å². The molecule has 0 unspecified atom stereocenters. The van der Waals surface area contributed by atoms with Gasteiger partial charge in [0.2, 0.25) is 0 Å². The van der Waals surface area contributed by atoms with Gasteiger partial charge < -0.3 is 29.6 Å². The molecule has 0 aromatic rings. The van der Waals surface area contributed by atoms with Gasteiger partial charge in [-0.15, -0.1) is 0 Å². The van der Waals surface area contributed by atoms with Gasteiger partial charge in [0.25, 0.3) is 0 Å². The van der Waals surface area contributed by atoms with E-state index in [9.17, 15) is 0 Å². The SMILES string of the molecule is CC(C)CCCCCOC(=S)[S-].[K+]. The number of thiocarbonyl (C=S) groups is 1. The van der Waals surface area contributed by atoms with Gasteiger partial charge in [0.15, 0.2) is 0 Å². The first-order chi connectivity index (χ1) is 5.63. The van der Waals surface area contributed by atoms with Gasteiger partial charge in [-0.1, -0.05) is 33.1 Å². The van der Waals surface area contributed by atoms with Gasteiger partial charge in [0, 0.05) is 4.38 Å². The summed E-state index contributed by atoms with van der Waals surface area (Å²) in [6.45, 7) is 5.18. The summed E-state index contributed by atoms with van der Waals surface area (Å²) in [5.74, 6) is 0.811. The van der Waals surface area contributed by atoms with Crippen molar-refractivity contribution in [2.24, 2.45) is 5.92 Å². The van der Waals surface area contributed by atoms with Crippen molar-refractivity contribution in [3.8, 4) is 0 Å². The van der Waals surface area contributed by atoms with Crippen LogP contribution in [0.15, 0.2) is 0 Å². The topological polar surface area (TPSA) is 9.23 Å². The molecular weight excluding hydrogens is 227 g/mol. The van der Waals surface area contributed by atoms with Crippen molar-refractivity contribution in [3.05, 3.63) is 0 Å². The third kappa shape index (κ3) is 16.4. The molecule has 0 aliphatic carbocycles. The Balaban J connectivity index is 0. The fourth-order valence-electron chi connectivity index (χ4n) is 0.987. The molecule has 0 aromatic carbocycles. The van der Waals surface area contributed by atoms with E-state index in [0.717, 1.165) is 12.3 Å². The Hall–Kier alpha value is 1.75. The molecule has 0 aromatic heterocycles. The van der Waals surface area contributed by atoms with E-state index >= 15 is 0 Å². The van der Waals surface area contributed by atoms with Crippen LogP contribution in [0.3, 0.4) is 0 Å². The Kier molecular flexibility index (Phi) is 15.6. The zero-order valence-electron chi connectivity index (χ0n) is 8.84. The number of unbranched alkanes of at least 4 members (excludes halogenated alkanes) is 2. The first-order valence-corrected chi connectivity index (χ1v) is 5.28. The average Bonchev–Trinajstić information content (AvgIpc) is 1.95. The van der Waals surface area contributed by atoms with Crippen LogP contribution in [-0.2, 0) is 17.4 Å². The molecule has 4 heteroatoms. The predicted molar refractivity (Wildman–Crippen MR) is 59.2 cm³/mol. The number of rotatable bonds is 6. The Bertz CT molecular complexity index is 129. The van der Waals surface area contributed by atoms with Crippen LogP contribution in [0.2, 0.25) is 0 Å². The van der Waals surface area contributed by atoms with Crippen molar-refractivity contribution in [2.75, 3.05) is 6.61 Å². The molecule has 1 nitrogen and oxygen atoms in total. The smallest absolute Gasteiger partial charge is 0.514 e. The molecule has 0 fully saturated rings. The minimum atomic E-state index is 0. The van der Waals surface area contributed by atoms with Crippen LogP contribution in [0.25, 0.3) is 0 Å². The summed E-state index contributed by atoms with van der Waals surface area (Å²) in [6.07, 6.45) is 4.88. The van der Waals surface area contributed by atoms with Gasteiger partial charge in [-0.2, -0.15) is 0 Å². The Labute approximate surface area is 135 Å². The summed E-state index contributed by atoms with van der Waals surface area (Å²) < 4.78 is 5.24. The van der Waals surface area contributed by atoms with Gasteiger partial charge in [-0.05, 0) is 12.3 Å². The maximum absolute atomic E-state index is 5.00. The minimum absolute atomic E-state index is 0. The molecule has 0 aliphatic heterocycles. The molecular formula is C9H17KOS2. The summed E-state index contributed by atoms with van der Waals surface area (Å²) in [4.78, 5) is 0. The fourth-order valence-corrected chi connectivity index (χ4v) is 1.15. The standard InChI is InChI=1S/C9H18OS2.K/c1-8(2)6-4-3-5-7-10-9(11)12;/h8H,3-7H2,1-2H3,(H,11,12);/q;+1/p-1. The zero-order chi connectivity index (χ0) is 9.40. The van der Waals surface area contributed by atoms with E-state index in [0.29, 0.717) is 6.61 Å². The van der Waals surface area contributed by atoms with E-state index in [1.807, 2.05) is 0 Å². The Morgan fingerprint density at radius 1 is 1.31 bits per heavy atom. The number of hydrogen-bond donors (Lipinski definition) is 0. The molecule has 0 rings (SSSR count). The summed E-state index contributed by atoms with van der Waals surface area (Å²) >= 11 is 9.22. The van der Waals surface area contributed by atoms with Crippen LogP contribution < -0.4 is 51.4 Å². The first kappa shape index (κ1) is 17.2. The van der Waals surface area contributed by atoms with E-state index in [4.69, 9.17) is 4.74 Å². The zero-order valence-corrected chi connectivity index (χ0v) is 13.6. The third-order valence-electron chi connectivity index (χ3n) is 1.65. The quantitative estimate of drug-likeness (QED) is 0.283. The monoisotopic (exact) mass is 244 g/mol. The van der Waals surface area contributed by atoms with E-state index in [-0.39, 0.29) is 55.8 Å². The molecule has 0 radical (unpaired) electrons. The van der Waals surface area contributed by atoms with Crippen LogP contribution in [0.4, 0.5) is 0 Å². The summed E-state index contributed by atoms with van der Waals surface area (Å²) in [6, 6.07) is 0. The summed E-state index contributed by atoms with van der Waals surface area (Å²) in [5, 5.41) is 0. The largest absolute Gasteiger partial charge is 1.00 e. The van der Waals surface area contributed by atoms with Crippen LogP contribution in [0.5, 0.6) is 0 Å². The molecule has 0 aliphatic rings. The molecule has 0 spiro atoms. The molecule has 0 heterocycles. The van der Waals surface area contributed by atoms with Crippen LogP contribution >= 0.6 is 12.2 Å². The molecule has 0 amide bonds. The maximum Gasteiger partial charge on any atom is 1.00 e. The molecule has 0 N–H and O–H groups in total. The van der Waals surface area contributed by atoms with Crippen molar-refractivity contribution in [1.82, 2.24) is 0 Å². The van der Waals surface area contributed by atoms with Gasteiger partial charge in [0.05, 0.1) is 6.61 Å². The molecule has 0 bridgehead atoms. The molecule has 0 saturated carbocycles. The second-order valence-corrected chi connectivity index (χ2v) is 4.34. The Morgan fingerprint density at radius 3 is 2.38 bits per heavy atom. The number of ether oxygens (including phenoxy) is 1. The fraction of sp³-hybridized carbons (Fsp3) is 0.889.